The van der Waals surface area contributed by atoms with E-state index in [9.17, 15) is 9.59 Å². The summed E-state index contributed by atoms with van der Waals surface area (Å²) in [5.41, 5.74) is 0.844. The van der Waals surface area contributed by atoms with Gasteiger partial charge in [0.25, 0.3) is 0 Å². The lowest BCUT2D eigenvalue weighted by Gasteiger charge is -2.22. The highest BCUT2D eigenvalue weighted by Crippen LogP contribution is 2.33. The number of nitrogens with one attached hydrogen (secondary N) is 1. The zero-order valence-corrected chi connectivity index (χ0v) is 17.0. The fourth-order valence-electron chi connectivity index (χ4n) is 2.90. The third kappa shape index (κ3) is 5.13. The molecule has 0 saturated carbocycles. The number of carbonyl (C=O) groups excluding carboxylic acids is 2. The number of esters is 2. The first-order valence-corrected chi connectivity index (χ1v) is 9.33. The molecule has 7 nitrogen and oxygen atoms in total. The van der Waals surface area contributed by atoms with Crippen LogP contribution in [-0.4, -0.2) is 44.0 Å². The van der Waals surface area contributed by atoms with E-state index in [-0.39, 0.29) is 18.0 Å². The maximum atomic E-state index is 13.0. The van der Waals surface area contributed by atoms with Gasteiger partial charge in [0.1, 0.15) is 22.7 Å². The van der Waals surface area contributed by atoms with Crippen LogP contribution >= 0.6 is 0 Å². The molecule has 2 aromatic carbocycles. The lowest BCUT2D eigenvalue weighted by Crippen LogP contribution is -2.30. The summed E-state index contributed by atoms with van der Waals surface area (Å²) in [6.07, 6.45) is -0.717. The molecule has 0 aliphatic carbocycles. The zero-order valence-electron chi connectivity index (χ0n) is 17.0. The van der Waals surface area contributed by atoms with Crippen LogP contribution in [0.4, 0.5) is 0 Å². The summed E-state index contributed by atoms with van der Waals surface area (Å²) in [4.78, 5) is 25.5. The Bertz CT molecular complexity index is 879. The van der Waals surface area contributed by atoms with Gasteiger partial charge in [-0.15, -0.1) is 0 Å². The van der Waals surface area contributed by atoms with Crippen molar-refractivity contribution in [3.05, 3.63) is 48.0 Å². The summed E-state index contributed by atoms with van der Waals surface area (Å²) < 4.78 is 21.6. The number of methoxy groups -OCH3 is 1. The molecule has 1 heterocycles. The molecule has 0 amide bonds. The number of rotatable bonds is 5. The van der Waals surface area contributed by atoms with Gasteiger partial charge in [-0.25, -0.2) is 9.59 Å². The van der Waals surface area contributed by atoms with E-state index in [2.05, 4.69) is 5.32 Å². The normalized spacial score (nSPS) is 16.3. The summed E-state index contributed by atoms with van der Waals surface area (Å²) in [6, 6.07) is 12.3. The molecular weight excluding hydrogens is 374 g/mol. The fourth-order valence-corrected chi connectivity index (χ4v) is 2.90. The van der Waals surface area contributed by atoms with Gasteiger partial charge < -0.3 is 18.9 Å². The molecular formula is C22H25NO6. The van der Waals surface area contributed by atoms with Crippen LogP contribution in [-0.2, 0) is 14.3 Å². The summed E-state index contributed by atoms with van der Waals surface area (Å²) in [5, 5.41) is 2.93. The van der Waals surface area contributed by atoms with Crippen molar-refractivity contribution in [3.63, 3.8) is 0 Å². The van der Waals surface area contributed by atoms with Gasteiger partial charge in [0.15, 0.2) is 6.10 Å². The molecule has 1 saturated heterocycles. The lowest BCUT2D eigenvalue weighted by atomic mass is 9.98. The van der Waals surface area contributed by atoms with Crippen molar-refractivity contribution >= 4 is 11.9 Å². The predicted octanol–water partition coefficient (Wildman–Crippen LogP) is 3.17. The molecule has 0 aromatic heterocycles. The van der Waals surface area contributed by atoms with Gasteiger partial charge in [-0.05, 0) is 50.1 Å². The second-order valence-electron chi connectivity index (χ2n) is 7.58. The van der Waals surface area contributed by atoms with Crippen molar-refractivity contribution in [3.8, 4) is 22.6 Å². The second kappa shape index (κ2) is 8.63. The van der Waals surface area contributed by atoms with Crippen LogP contribution in [0.3, 0.4) is 0 Å². The number of benzene rings is 2. The topological polar surface area (TPSA) is 83.1 Å². The van der Waals surface area contributed by atoms with Gasteiger partial charge in [0.2, 0.25) is 0 Å². The molecule has 29 heavy (non-hydrogen) atoms. The van der Waals surface area contributed by atoms with E-state index in [4.69, 9.17) is 18.9 Å². The highest BCUT2D eigenvalue weighted by molar-refractivity contribution is 6.01. The van der Waals surface area contributed by atoms with Gasteiger partial charge in [0.05, 0.1) is 13.8 Å². The van der Waals surface area contributed by atoms with E-state index in [0.29, 0.717) is 17.9 Å². The average molecular weight is 399 g/mol. The smallest absolute Gasteiger partial charge is 0.343 e. The van der Waals surface area contributed by atoms with Crippen LogP contribution in [0.25, 0.3) is 11.1 Å². The molecule has 7 heteroatoms. The Morgan fingerprint density at radius 3 is 2.41 bits per heavy atom. The third-order valence-electron chi connectivity index (χ3n) is 4.22. The Hall–Kier alpha value is -2.90. The summed E-state index contributed by atoms with van der Waals surface area (Å²) in [6.45, 7) is 5.99. The van der Waals surface area contributed by atoms with Gasteiger partial charge in [0, 0.05) is 6.54 Å². The van der Waals surface area contributed by atoms with Crippen LogP contribution in [0.2, 0.25) is 0 Å². The molecule has 1 unspecified atom stereocenters. The first-order valence-electron chi connectivity index (χ1n) is 9.33. The van der Waals surface area contributed by atoms with Crippen molar-refractivity contribution in [2.24, 2.45) is 0 Å². The van der Waals surface area contributed by atoms with E-state index in [1.54, 1.807) is 58.2 Å². The molecule has 3 rings (SSSR count). The molecule has 1 aliphatic rings. The summed E-state index contributed by atoms with van der Waals surface area (Å²) >= 11 is 0. The minimum Gasteiger partial charge on any atom is -0.497 e. The van der Waals surface area contributed by atoms with Crippen LogP contribution in [0.1, 0.15) is 31.1 Å². The number of carbonyl (C=O) groups is 2. The first kappa shape index (κ1) is 20.8. The molecule has 0 radical (unpaired) electrons. The van der Waals surface area contributed by atoms with Crippen LogP contribution in [0.15, 0.2) is 42.5 Å². The van der Waals surface area contributed by atoms with Crippen LogP contribution in [0.5, 0.6) is 11.5 Å². The second-order valence-corrected chi connectivity index (χ2v) is 7.58. The Labute approximate surface area is 169 Å². The molecule has 154 valence electrons. The van der Waals surface area contributed by atoms with Gasteiger partial charge in [-0.2, -0.15) is 0 Å². The number of ether oxygens (including phenoxy) is 4. The summed E-state index contributed by atoms with van der Waals surface area (Å²) in [7, 11) is 1.58. The van der Waals surface area contributed by atoms with Crippen molar-refractivity contribution < 1.29 is 28.5 Å². The molecule has 1 fully saturated rings. The van der Waals surface area contributed by atoms with Crippen molar-refractivity contribution in [1.29, 1.82) is 0 Å². The van der Waals surface area contributed by atoms with E-state index in [1.807, 2.05) is 12.1 Å². The zero-order chi connectivity index (χ0) is 21.0. The standard InChI is InChI=1S/C22H25NO6/c1-22(2,3)29-21(25)19-16(14-8-10-15(26-4)11-9-14)6-5-7-17(19)28-20(24)18-12-23-13-27-18/h5-11,18,23H,12-13H2,1-4H3. The Balaban J connectivity index is 2.02. The maximum absolute atomic E-state index is 13.0. The minimum absolute atomic E-state index is 0.132. The van der Waals surface area contributed by atoms with E-state index in [1.165, 1.54) is 0 Å². The van der Waals surface area contributed by atoms with E-state index < -0.39 is 23.6 Å². The first-order chi connectivity index (χ1) is 13.8. The van der Waals surface area contributed by atoms with Gasteiger partial charge in [-0.3, -0.25) is 5.32 Å². The van der Waals surface area contributed by atoms with Crippen molar-refractivity contribution in [1.82, 2.24) is 5.32 Å². The molecule has 1 N–H and O–H groups in total. The van der Waals surface area contributed by atoms with E-state index in [0.717, 1.165) is 5.56 Å². The lowest BCUT2D eigenvalue weighted by molar-refractivity contribution is -0.143. The van der Waals surface area contributed by atoms with Crippen molar-refractivity contribution in [2.45, 2.75) is 32.5 Å². The quantitative estimate of drug-likeness (QED) is 0.611. The molecule has 1 atom stereocenters. The largest absolute Gasteiger partial charge is 0.497 e. The minimum atomic E-state index is -0.717. The van der Waals surface area contributed by atoms with Gasteiger partial charge >= 0.3 is 11.9 Å². The Morgan fingerprint density at radius 1 is 1.10 bits per heavy atom. The SMILES string of the molecule is COc1ccc(-c2cccc(OC(=O)C3CNCO3)c2C(=O)OC(C)(C)C)cc1. The predicted molar refractivity (Wildman–Crippen MR) is 107 cm³/mol. The molecule has 1 aliphatic heterocycles. The maximum Gasteiger partial charge on any atom is 0.343 e. The Kier molecular flexibility index (Phi) is 6.20. The monoisotopic (exact) mass is 399 g/mol. The third-order valence-corrected chi connectivity index (χ3v) is 4.22. The fraction of sp³-hybridized carbons (Fsp3) is 0.364. The van der Waals surface area contributed by atoms with E-state index >= 15 is 0 Å². The number of hydrogen-bond donors (Lipinski definition) is 1. The highest BCUT2D eigenvalue weighted by Gasteiger charge is 2.29. The summed E-state index contributed by atoms with van der Waals surface area (Å²) in [5.74, 6) is -0.307. The highest BCUT2D eigenvalue weighted by atomic mass is 16.6. The van der Waals surface area contributed by atoms with Crippen LogP contribution < -0.4 is 14.8 Å². The van der Waals surface area contributed by atoms with Gasteiger partial charge in [-0.1, -0.05) is 24.3 Å². The molecule has 2 aromatic rings. The average Bonchev–Trinajstić information content (AvgIpc) is 3.21. The molecule has 0 bridgehead atoms. The Morgan fingerprint density at radius 2 is 1.83 bits per heavy atom. The molecule has 0 spiro atoms. The van der Waals surface area contributed by atoms with Crippen LogP contribution in [0, 0.1) is 0 Å². The number of hydrogen-bond acceptors (Lipinski definition) is 7. The van der Waals surface area contributed by atoms with Crippen molar-refractivity contribution in [2.75, 3.05) is 20.4 Å².